The van der Waals surface area contributed by atoms with Crippen molar-refractivity contribution >= 4 is 43.1 Å². The minimum atomic E-state index is 0.187. The molecule has 5 aromatic carbocycles. The number of thiophene rings is 1. The third-order valence-corrected chi connectivity index (χ3v) is 8.07. The Kier molecular flexibility index (Phi) is 5.69. The number of nitrogens with zero attached hydrogens (tertiary/aromatic N) is 3. The predicted molar refractivity (Wildman–Crippen MR) is 159 cm³/mol. The molecule has 5 heteroatoms. The first kappa shape index (κ1) is 22.8. The highest BCUT2D eigenvalue weighted by atomic mass is 35.5. The van der Waals surface area contributed by atoms with E-state index in [1.165, 1.54) is 37.7 Å². The zero-order valence-electron chi connectivity index (χ0n) is 20.2. The van der Waals surface area contributed by atoms with Gasteiger partial charge in [-0.3, -0.25) is 0 Å². The number of fused-ring (bicyclic) bond motifs is 3. The lowest BCUT2D eigenvalue weighted by Crippen LogP contribution is -1.97. The van der Waals surface area contributed by atoms with E-state index < -0.39 is 0 Å². The van der Waals surface area contributed by atoms with Crippen LogP contribution in [0.2, 0.25) is 5.28 Å². The van der Waals surface area contributed by atoms with Gasteiger partial charge in [0, 0.05) is 31.3 Å². The Morgan fingerprint density at radius 2 is 1.11 bits per heavy atom. The van der Waals surface area contributed by atoms with E-state index in [1.54, 1.807) is 11.3 Å². The molecule has 0 aliphatic heterocycles. The van der Waals surface area contributed by atoms with E-state index in [4.69, 9.17) is 16.6 Å². The predicted octanol–water partition coefficient (Wildman–Crippen LogP) is 9.56. The summed E-state index contributed by atoms with van der Waals surface area (Å²) < 4.78 is 2.36. The maximum atomic E-state index is 6.37. The van der Waals surface area contributed by atoms with Gasteiger partial charge in [-0.15, -0.1) is 11.3 Å². The lowest BCUT2D eigenvalue weighted by molar-refractivity contribution is 1.07. The standard InChI is InChI=1S/C33H20ClN3S/c34-33-36-31(22-12-5-2-6-13-22)35-32(37-33)28-17-9-16-27-26-19-18-23(20-29(26)38-30(27)28)25-15-8-7-14-24(25)21-10-3-1-4-11-21/h1-20H. The Labute approximate surface area is 229 Å². The molecule has 3 nitrogen and oxygen atoms in total. The van der Waals surface area contributed by atoms with Crippen molar-refractivity contribution in [2.45, 2.75) is 0 Å². The first-order valence-electron chi connectivity index (χ1n) is 12.3. The number of aromatic nitrogens is 3. The summed E-state index contributed by atoms with van der Waals surface area (Å²) >= 11 is 8.13. The van der Waals surface area contributed by atoms with Crippen LogP contribution in [0.3, 0.4) is 0 Å². The molecule has 0 atom stereocenters. The summed E-state index contributed by atoms with van der Waals surface area (Å²) in [6.45, 7) is 0. The number of benzene rings is 5. The van der Waals surface area contributed by atoms with Crippen LogP contribution in [-0.4, -0.2) is 15.0 Å². The van der Waals surface area contributed by atoms with Crippen LogP contribution in [0.1, 0.15) is 0 Å². The molecule has 7 rings (SSSR count). The summed E-state index contributed by atoms with van der Waals surface area (Å²) in [7, 11) is 0. The first-order valence-corrected chi connectivity index (χ1v) is 13.5. The van der Waals surface area contributed by atoms with Gasteiger partial charge in [0.05, 0.1) is 0 Å². The maximum Gasteiger partial charge on any atom is 0.226 e. The van der Waals surface area contributed by atoms with E-state index in [2.05, 4.69) is 101 Å². The minimum Gasteiger partial charge on any atom is -0.208 e. The van der Waals surface area contributed by atoms with Crippen LogP contribution in [0, 0.1) is 0 Å². The molecule has 0 saturated carbocycles. The van der Waals surface area contributed by atoms with E-state index in [-0.39, 0.29) is 5.28 Å². The fourth-order valence-electron chi connectivity index (χ4n) is 4.93. The van der Waals surface area contributed by atoms with Crippen LogP contribution in [-0.2, 0) is 0 Å². The number of hydrogen-bond donors (Lipinski definition) is 0. The second-order valence-electron chi connectivity index (χ2n) is 9.02. The SMILES string of the molecule is Clc1nc(-c2ccccc2)nc(-c2cccc3c2sc2cc(-c4ccccc4-c4ccccc4)ccc23)n1. The largest absolute Gasteiger partial charge is 0.226 e. The average Bonchev–Trinajstić information content (AvgIpc) is 3.36. The molecule has 0 aliphatic rings. The van der Waals surface area contributed by atoms with Gasteiger partial charge in [0.1, 0.15) is 0 Å². The van der Waals surface area contributed by atoms with Crippen LogP contribution in [0.25, 0.3) is 65.2 Å². The molecular formula is C33H20ClN3S. The Hall–Kier alpha value is -4.38. The van der Waals surface area contributed by atoms with Gasteiger partial charge in [-0.2, -0.15) is 9.97 Å². The van der Waals surface area contributed by atoms with Crippen molar-refractivity contribution in [1.82, 2.24) is 15.0 Å². The highest BCUT2D eigenvalue weighted by molar-refractivity contribution is 7.26. The molecule has 0 fully saturated rings. The van der Waals surface area contributed by atoms with Crippen molar-refractivity contribution < 1.29 is 0 Å². The molecule has 2 heterocycles. The Bertz CT molecular complexity index is 1930. The van der Waals surface area contributed by atoms with Gasteiger partial charge in [-0.25, -0.2) is 4.98 Å². The second kappa shape index (κ2) is 9.49. The van der Waals surface area contributed by atoms with Gasteiger partial charge in [0.25, 0.3) is 0 Å². The Balaban J connectivity index is 1.38. The third kappa shape index (κ3) is 4.04. The lowest BCUT2D eigenvalue weighted by atomic mass is 9.94. The van der Waals surface area contributed by atoms with Crippen LogP contribution < -0.4 is 0 Å². The summed E-state index contributed by atoms with van der Waals surface area (Å²) in [5, 5.41) is 2.59. The molecular weight excluding hydrogens is 506 g/mol. The van der Waals surface area contributed by atoms with Gasteiger partial charge >= 0.3 is 0 Å². The molecule has 180 valence electrons. The molecule has 0 unspecified atom stereocenters. The molecule has 0 bridgehead atoms. The lowest BCUT2D eigenvalue weighted by Gasteiger charge is -2.10. The normalized spacial score (nSPS) is 11.3. The minimum absolute atomic E-state index is 0.187. The molecule has 0 saturated heterocycles. The van der Waals surface area contributed by atoms with Crippen LogP contribution in [0.5, 0.6) is 0 Å². The molecule has 7 aromatic rings. The molecule has 0 aliphatic carbocycles. The zero-order valence-corrected chi connectivity index (χ0v) is 21.7. The zero-order chi connectivity index (χ0) is 25.5. The van der Waals surface area contributed by atoms with Gasteiger partial charge in [-0.05, 0) is 46.0 Å². The number of halogens is 1. The maximum absolute atomic E-state index is 6.37. The van der Waals surface area contributed by atoms with Gasteiger partial charge < -0.3 is 0 Å². The molecule has 0 amide bonds. The fraction of sp³-hybridized carbons (Fsp3) is 0. The van der Waals surface area contributed by atoms with Gasteiger partial charge in [0.15, 0.2) is 11.6 Å². The molecule has 0 spiro atoms. The van der Waals surface area contributed by atoms with Gasteiger partial charge in [-0.1, -0.05) is 109 Å². The first-order chi connectivity index (χ1) is 18.7. The second-order valence-corrected chi connectivity index (χ2v) is 10.4. The van der Waals surface area contributed by atoms with E-state index in [1.807, 2.05) is 30.3 Å². The summed E-state index contributed by atoms with van der Waals surface area (Å²) in [5.74, 6) is 1.15. The van der Waals surface area contributed by atoms with E-state index >= 15 is 0 Å². The molecule has 2 aromatic heterocycles. The molecule has 0 N–H and O–H groups in total. The van der Waals surface area contributed by atoms with Crippen molar-refractivity contribution in [3.8, 4) is 45.0 Å². The average molecular weight is 526 g/mol. The monoisotopic (exact) mass is 525 g/mol. The van der Waals surface area contributed by atoms with Crippen molar-refractivity contribution in [2.24, 2.45) is 0 Å². The highest BCUT2D eigenvalue weighted by Gasteiger charge is 2.16. The van der Waals surface area contributed by atoms with Crippen molar-refractivity contribution in [3.63, 3.8) is 0 Å². The van der Waals surface area contributed by atoms with Crippen LogP contribution in [0.4, 0.5) is 0 Å². The number of rotatable bonds is 4. The smallest absolute Gasteiger partial charge is 0.208 e. The quantitative estimate of drug-likeness (QED) is 0.229. The summed E-state index contributed by atoms with van der Waals surface area (Å²) in [4.78, 5) is 13.7. The highest BCUT2D eigenvalue weighted by Crippen LogP contribution is 2.42. The topological polar surface area (TPSA) is 38.7 Å². The third-order valence-electron chi connectivity index (χ3n) is 6.70. The van der Waals surface area contributed by atoms with Gasteiger partial charge in [0.2, 0.25) is 5.28 Å². The number of hydrogen-bond acceptors (Lipinski definition) is 4. The van der Waals surface area contributed by atoms with Crippen LogP contribution in [0.15, 0.2) is 121 Å². The van der Waals surface area contributed by atoms with Crippen molar-refractivity contribution in [1.29, 1.82) is 0 Å². The summed E-state index contributed by atoms with van der Waals surface area (Å²) in [6.07, 6.45) is 0. The van der Waals surface area contributed by atoms with E-state index in [0.29, 0.717) is 11.6 Å². The summed E-state index contributed by atoms with van der Waals surface area (Å²) in [6, 6.07) is 42.0. The Morgan fingerprint density at radius 3 is 1.87 bits per heavy atom. The Morgan fingerprint density at radius 1 is 0.474 bits per heavy atom. The van der Waals surface area contributed by atoms with Crippen molar-refractivity contribution in [2.75, 3.05) is 0 Å². The fourth-order valence-corrected chi connectivity index (χ4v) is 6.34. The van der Waals surface area contributed by atoms with E-state index in [0.717, 1.165) is 15.8 Å². The summed E-state index contributed by atoms with van der Waals surface area (Å²) in [5.41, 5.74) is 6.71. The van der Waals surface area contributed by atoms with Crippen LogP contribution >= 0.6 is 22.9 Å². The molecule has 0 radical (unpaired) electrons. The van der Waals surface area contributed by atoms with Crippen molar-refractivity contribution in [3.05, 3.63) is 127 Å². The van der Waals surface area contributed by atoms with E-state index in [9.17, 15) is 0 Å². The molecule has 38 heavy (non-hydrogen) atoms.